The molecular formula is C24H25NO5S. The van der Waals surface area contributed by atoms with Gasteiger partial charge in [0, 0.05) is 22.6 Å². The van der Waals surface area contributed by atoms with E-state index < -0.39 is 18.2 Å². The summed E-state index contributed by atoms with van der Waals surface area (Å²) in [5.41, 5.74) is 1.39. The van der Waals surface area contributed by atoms with Crippen molar-refractivity contribution >= 4 is 41.2 Å². The van der Waals surface area contributed by atoms with Gasteiger partial charge in [-0.3, -0.25) is 10.1 Å². The zero-order valence-corrected chi connectivity index (χ0v) is 18.0. The van der Waals surface area contributed by atoms with Gasteiger partial charge in [0.2, 0.25) is 0 Å². The molecule has 162 valence electrons. The second-order valence-corrected chi connectivity index (χ2v) is 7.50. The van der Waals surface area contributed by atoms with Crippen molar-refractivity contribution < 1.29 is 24.2 Å². The molecule has 2 N–H and O–H groups in total. The van der Waals surface area contributed by atoms with Gasteiger partial charge < -0.3 is 14.6 Å². The van der Waals surface area contributed by atoms with Crippen molar-refractivity contribution in [1.82, 2.24) is 0 Å². The molecule has 0 spiro atoms. The van der Waals surface area contributed by atoms with E-state index >= 15 is 0 Å². The van der Waals surface area contributed by atoms with E-state index in [0.717, 1.165) is 10.9 Å². The standard InChI is InChI=1S/C24H25NO5S/c1-16(13-14-29-22(27)15-31)23(30-24(28)25-17-7-3-2-4-8-17)20-11-12-21(26)19-10-6-5-9-18(19)20/h2-12,16,23,26,31H,13-15H2,1H3,(H,25,28)/t16-,23-/m0/s1. The molecule has 1 amide bonds. The van der Waals surface area contributed by atoms with Crippen molar-refractivity contribution in [2.24, 2.45) is 5.92 Å². The second kappa shape index (κ2) is 10.7. The summed E-state index contributed by atoms with van der Waals surface area (Å²) in [6, 6.07) is 19.8. The Morgan fingerprint density at radius 3 is 2.39 bits per heavy atom. The van der Waals surface area contributed by atoms with Gasteiger partial charge in [0.25, 0.3) is 0 Å². The monoisotopic (exact) mass is 439 g/mol. The number of thiol groups is 1. The van der Waals surface area contributed by atoms with Crippen LogP contribution in [-0.2, 0) is 14.3 Å². The quantitative estimate of drug-likeness (QED) is 0.326. The predicted molar refractivity (Wildman–Crippen MR) is 123 cm³/mol. The molecule has 0 aliphatic heterocycles. The maximum absolute atomic E-state index is 12.7. The summed E-state index contributed by atoms with van der Waals surface area (Å²) in [5, 5.41) is 14.4. The summed E-state index contributed by atoms with van der Waals surface area (Å²) in [4.78, 5) is 24.1. The minimum atomic E-state index is -0.621. The molecule has 0 radical (unpaired) electrons. The molecule has 0 aliphatic rings. The van der Waals surface area contributed by atoms with Gasteiger partial charge in [-0.15, -0.1) is 0 Å². The van der Waals surface area contributed by atoms with Crippen LogP contribution in [0.4, 0.5) is 10.5 Å². The Morgan fingerprint density at radius 1 is 1.00 bits per heavy atom. The SMILES string of the molecule is C[C@@H](CCOC(=O)CS)[C@H](OC(=O)Nc1ccccc1)c1ccc(O)c2ccccc12. The number of para-hydroxylation sites is 1. The number of rotatable bonds is 8. The third-order valence-electron chi connectivity index (χ3n) is 4.98. The zero-order chi connectivity index (χ0) is 22.2. The number of nitrogens with one attached hydrogen (secondary N) is 1. The number of anilines is 1. The molecular weight excluding hydrogens is 414 g/mol. The van der Waals surface area contributed by atoms with Crippen molar-refractivity contribution in [1.29, 1.82) is 0 Å². The first-order valence-electron chi connectivity index (χ1n) is 9.99. The molecule has 31 heavy (non-hydrogen) atoms. The molecule has 0 unspecified atom stereocenters. The third kappa shape index (κ3) is 5.92. The molecule has 0 heterocycles. The highest BCUT2D eigenvalue weighted by atomic mass is 32.1. The molecule has 6 nitrogen and oxygen atoms in total. The minimum Gasteiger partial charge on any atom is -0.507 e. The number of phenols is 1. The van der Waals surface area contributed by atoms with Crippen molar-refractivity contribution in [2.75, 3.05) is 17.7 Å². The van der Waals surface area contributed by atoms with Crippen LogP contribution in [-0.4, -0.2) is 29.5 Å². The molecule has 3 rings (SSSR count). The lowest BCUT2D eigenvalue weighted by Gasteiger charge is -2.26. The molecule has 3 aromatic rings. The maximum Gasteiger partial charge on any atom is 0.412 e. The number of aromatic hydroxyl groups is 1. The van der Waals surface area contributed by atoms with E-state index in [4.69, 9.17) is 9.47 Å². The fraction of sp³-hybridized carbons (Fsp3) is 0.250. The van der Waals surface area contributed by atoms with Gasteiger partial charge in [0.05, 0.1) is 12.4 Å². The Balaban J connectivity index is 1.86. The number of phenolic OH excluding ortho intramolecular Hbond substituents is 1. The van der Waals surface area contributed by atoms with Gasteiger partial charge in [-0.2, -0.15) is 12.6 Å². The van der Waals surface area contributed by atoms with Crippen LogP contribution >= 0.6 is 12.6 Å². The van der Waals surface area contributed by atoms with Gasteiger partial charge in [-0.1, -0.05) is 55.5 Å². The van der Waals surface area contributed by atoms with E-state index in [0.29, 0.717) is 17.5 Å². The number of amides is 1. The van der Waals surface area contributed by atoms with Crippen LogP contribution in [0.25, 0.3) is 10.8 Å². The van der Waals surface area contributed by atoms with Crippen LogP contribution < -0.4 is 5.32 Å². The number of esters is 1. The Hall–Kier alpha value is -3.19. The van der Waals surface area contributed by atoms with Crippen LogP contribution in [0.1, 0.15) is 25.0 Å². The summed E-state index contributed by atoms with van der Waals surface area (Å²) >= 11 is 3.90. The minimum absolute atomic E-state index is 0.0103. The molecule has 2 atom stereocenters. The van der Waals surface area contributed by atoms with Gasteiger partial charge in [0.15, 0.2) is 0 Å². The number of benzene rings is 3. The number of fused-ring (bicyclic) bond motifs is 1. The Bertz CT molecular complexity index is 1040. The normalized spacial score (nSPS) is 12.7. The molecule has 0 aromatic heterocycles. The van der Waals surface area contributed by atoms with E-state index in [9.17, 15) is 14.7 Å². The van der Waals surface area contributed by atoms with E-state index in [2.05, 4.69) is 17.9 Å². The molecule has 3 aromatic carbocycles. The highest BCUT2D eigenvalue weighted by Crippen LogP contribution is 2.37. The summed E-state index contributed by atoms with van der Waals surface area (Å²) < 4.78 is 11.0. The second-order valence-electron chi connectivity index (χ2n) is 7.18. The van der Waals surface area contributed by atoms with Crippen LogP contribution in [0.2, 0.25) is 0 Å². The highest BCUT2D eigenvalue weighted by Gasteiger charge is 2.26. The topological polar surface area (TPSA) is 84.9 Å². The molecule has 0 saturated carbocycles. The number of ether oxygens (including phenoxy) is 2. The largest absolute Gasteiger partial charge is 0.507 e. The molecule has 0 aliphatic carbocycles. The van der Waals surface area contributed by atoms with E-state index in [1.165, 1.54) is 0 Å². The summed E-state index contributed by atoms with van der Waals surface area (Å²) in [7, 11) is 0. The first-order valence-corrected chi connectivity index (χ1v) is 10.6. The van der Waals surface area contributed by atoms with E-state index in [-0.39, 0.29) is 24.0 Å². The average molecular weight is 440 g/mol. The fourth-order valence-electron chi connectivity index (χ4n) is 3.38. The van der Waals surface area contributed by atoms with Crippen LogP contribution in [0.5, 0.6) is 5.75 Å². The van der Waals surface area contributed by atoms with E-state index in [1.54, 1.807) is 24.3 Å². The average Bonchev–Trinajstić information content (AvgIpc) is 2.78. The zero-order valence-electron chi connectivity index (χ0n) is 17.2. The molecule has 7 heteroatoms. The van der Waals surface area contributed by atoms with Crippen LogP contribution in [0.3, 0.4) is 0 Å². The van der Waals surface area contributed by atoms with Crippen molar-refractivity contribution in [3.8, 4) is 5.75 Å². The number of carbonyl (C=O) groups excluding carboxylic acids is 2. The van der Waals surface area contributed by atoms with Crippen LogP contribution in [0.15, 0.2) is 66.7 Å². The number of carbonyl (C=O) groups is 2. The number of hydrogen-bond acceptors (Lipinski definition) is 6. The highest BCUT2D eigenvalue weighted by molar-refractivity contribution is 7.81. The van der Waals surface area contributed by atoms with Gasteiger partial charge >= 0.3 is 12.1 Å². The number of hydrogen-bond donors (Lipinski definition) is 3. The Kier molecular flexibility index (Phi) is 7.78. The molecule has 0 bridgehead atoms. The summed E-state index contributed by atoms with van der Waals surface area (Å²) in [5.74, 6) is -0.398. The lowest BCUT2D eigenvalue weighted by atomic mass is 9.90. The Labute approximate surface area is 186 Å². The Morgan fingerprint density at radius 2 is 1.68 bits per heavy atom. The van der Waals surface area contributed by atoms with Gasteiger partial charge in [-0.25, -0.2) is 4.79 Å². The lowest BCUT2D eigenvalue weighted by molar-refractivity contribution is -0.141. The third-order valence-corrected chi connectivity index (χ3v) is 5.24. The molecule has 0 fully saturated rings. The van der Waals surface area contributed by atoms with Crippen LogP contribution in [0, 0.1) is 5.92 Å². The lowest BCUT2D eigenvalue weighted by Crippen LogP contribution is -2.23. The first-order chi connectivity index (χ1) is 15.0. The predicted octanol–water partition coefficient (Wildman–Crippen LogP) is 5.33. The first kappa shape index (κ1) is 22.5. The van der Waals surface area contributed by atoms with Gasteiger partial charge in [0.1, 0.15) is 11.9 Å². The van der Waals surface area contributed by atoms with Crippen molar-refractivity contribution in [3.63, 3.8) is 0 Å². The molecule has 0 saturated heterocycles. The summed E-state index contributed by atoms with van der Waals surface area (Å²) in [6.45, 7) is 2.12. The smallest absolute Gasteiger partial charge is 0.412 e. The van der Waals surface area contributed by atoms with Gasteiger partial charge in [-0.05, 0) is 30.0 Å². The van der Waals surface area contributed by atoms with E-state index in [1.807, 2.05) is 49.4 Å². The van der Waals surface area contributed by atoms with Crippen molar-refractivity contribution in [2.45, 2.75) is 19.4 Å². The summed E-state index contributed by atoms with van der Waals surface area (Å²) in [6.07, 6.45) is -0.727. The van der Waals surface area contributed by atoms with Crippen molar-refractivity contribution in [3.05, 3.63) is 72.3 Å². The fourth-order valence-corrected chi connectivity index (χ4v) is 3.47. The maximum atomic E-state index is 12.7.